The van der Waals surface area contributed by atoms with Crippen molar-refractivity contribution in [2.75, 3.05) is 31.9 Å². The lowest BCUT2D eigenvalue weighted by atomic mass is 10.2. The quantitative estimate of drug-likeness (QED) is 0.482. The number of benzene rings is 2. The number of amides is 1. The Morgan fingerprint density at radius 3 is 2.38 bits per heavy atom. The van der Waals surface area contributed by atoms with Crippen molar-refractivity contribution in [3.63, 3.8) is 0 Å². The molecule has 11 heteroatoms. The van der Waals surface area contributed by atoms with E-state index in [1.165, 1.54) is 28.2 Å². The van der Waals surface area contributed by atoms with E-state index in [1.807, 2.05) is 48.7 Å². The predicted molar refractivity (Wildman–Crippen MR) is 128 cm³/mol. The number of carbonyl (C=O) groups is 1. The van der Waals surface area contributed by atoms with E-state index in [0.29, 0.717) is 5.16 Å². The lowest BCUT2D eigenvalue weighted by Gasteiger charge is -2.34. The van der Waals surface area contributed by atoms with Gasteiger partial charge in [-0.3, -0.25) is 9.36 Å². The summed E-state index contributed by atoms with van der Waals surface area (Å²) in [6.07, 6.45) is 0. The molecule has 0 spiro atoms. The van der Waals surface area contributed by atoms with Crippen molar-refractivity contribution in [2.45, 2.75) is 23.9 Å². The van der Waals surface area contributed by atoms with Crippen LogP contribution in [0.5, 0.6) is 0 Å². The topological polar surface area (TPSA) is 112 Å². The highest BCUT2D eigenvalue weighted by atomic mass is 32.2. The van der Waals surface area contributed by atoms with E-state index in [1.54, 1.807) is 17.0 Å². The van der Waals surface area contributed by atoms with Crippen LogP contribution in [0.3, 0.4) is 0 Å². The summed E-state index contributed by atoms with van der Waals surface area (Å²) in [5.41, 5.74) is 2.20. The standard InChI is InChI=1S/C23H24N6O3S2/c1-17-7-9-20(10-8-17)29-18(2)25-26-23(29)33-16-22(30)27-11-13-28(14-12-27)34(31,32)21-6-4-3-5-19(21)15-24/h3-10H,11-14,16H2,1-2H3. The fraction of sp³-hybridized carbons (Fsp3) is 0.304. The molecule has 34 heavy (non-hydrogen) atoms. The summed E-state index contributed by atoms with van der Waals surface area (Å²) in [6.45, 7) is 4.82. The second-order valence-corrected chi connectivity index (χ2v) is 10.7. The lowest BCUT2D eigenvalue weighted by Crippen LogP contribution is -2.51. The number of carbonyl (C=O) groups excluding carboxylic acids is 1. The number of aromatic nitrogens is 3. The Morgan fingerprint density at radius 1 is 1.03 bits per heavy atom. The van der Waals surface area contributed by atoms with Gasteiger partial charge in [0.25, 0.3) is 0 Å². The first-order chi connectivity index (χ1) is 16.3. The lowest BCUT2D eigenvalue weighted by molar-refractivity contribution is -0.129. The number of nitrogens with zero attached hydrogens (tertiary/aromatic N) is 6. The van der Waals surface area contributed by atoms with E-state index in [-0.39, 0.29) is 48.3 Å². The largest absolute Gasteiger partial charge is 0.339 e. The number of thioether (sulfide) groups is 1. The van der Waals surface area contributed by atoms with Crippen molar-refractivity contribution in [1.82, 2.24) is 24.0 Å². The summed E-state index contributed by atoms with van der Waals surface area (Å²) in [5.74, 6) is 0.819. The molecule has 0 aliphatic carbocycles. The average Bonchev–Trinajstić information content (AvgIpc) is 3.23. The molecule has 1 saturated heterocycles. The summed E-state index contributed by atoms with van der Waals surface area (Å²) in [5, 5.41) is 18.3. The van der Waals surface area contributed by atoms with Crippen LogP contribution in [0.25, 0.3) is 5.69 Å². The molecule has 0 radical (unpaired) electrons. The summed E-state index contributed by atoms with van der Waals surface area (Å²) < 4.78 is 29.2. The van der Waals surface area contributed by atoms with Crippen LogP contribution in [-0.4, -0.2) is 70.2 Å². The van der Waals surface area contributed by atoms with E-state index < -0.39 is 10.0 Å². The highest BCUT2D eigenvalue weighted by molar-refractivity contribution is 7.99. The van der Waals surface area contributed by atoms with E-state index >= 15 is 0 Å². The maximum Gasteiger partial charge on any atom is 0.244 e. The van der Waals surface area contributed by atoms with Gasteiger partial charge in [-0.25, -0.2) is 8.42 Å². The second-order valence-electron chi connectivity index (χ2n) is 7.88. The van der Waals surface area contributed by atoms with Gasteiger partial charge in [-0.15, -0.1) is 10.2 Å². The second kappa shape index (κ2) is 9.97. The van der Waals surface area contributed by atoms with Crippen molar-refractivity contribution in [2.24, 2.45) is 0 Å². The molecule has 2 aromatic carbocycles. The maximum absolute atomic E-state index is 13.0. The van der Waals surface area contributed by atoms with Gasteiger partial charge in [0.15, 0.2) is 5.16 Å². The molecule has 1 aromatic heterocycles. The average molecular weight is 497 g/mol. The molecule has 9 nitrogen and oxygen atoms in total. The molecule has 0 N–H and O–H groups in total. The van der Waals surface area contributed by atoms with Crippen LogP contribution >= 0.6 is 11.8 Å². The molecule has 1 aliphatic heterocycles. The fourth-order valence-corrected chi connectivity index (χ4v) is 6.21. The molecular formula is C23H24N6O3S2. The summed E-state index contributed by atoms with van der Waals surface area (Å²) in [7, 11) is -3.80. The van der Waals surface area contributed by atoms with Crippen LogP contribution in [0.1, 0.15) is 17.0 Å². The molecule has 1 fully saturated rings. The van der Waals surface area contributed by atoms with Crippen molar-refractivity contribution in [3.8, 4) is 11.8 Å². The first-order valence-corrected chi connectivity index (χ1v) is 13.1. The van der Waals surface area contributed by atoms with Gasteiger partial charge in [-0.1, -0.05) is 41.6 Å². The Morgan fingerprint density at radius 2 is 1.71 bits per heavy atom. The SMILES string of the molecule is Cc1ccc(-n2c(C)nnc2SCC(=O)N2CCN(S(=O)(=O)c3ccccc3C#N)CC2)cc1. The Bertz CT molecular complexity index is 1340. The van der Waals surface area contributed by atoms with Gasteiger partial charge >= 0.3 is 0 Å². The zero-order valence-corrected chi connectivity index (χ0v) is 20.5. The number of aryl methyl sites for hydroxylation is 2. The van der Waals surface area contributed by atoms with Crippen LogP contribution in [0.4, 0.5) is 0 Å². The molecule has 0 bridgehead atoms. The van der Waals surface area contributed by atoms with E-state index in [2.05, 4.69) is 10.2 Å². The predicted octanol–water partition coefficient (Wildman–Crippen LogP) is 2.38. The van der Waals surface area contributed by atoms with Crippen LogP contribution < -0.4 is 0 Å². The molecule has 4 rings (SSSR count). The van der Waals surface area contributed by atoms with Crippen molar-refractivity contribution >= 4 is 27.7 Å². The van der Waals surface area contributed by atoms with Gasteiger partial charge in [0, 0.05) is 31.9 Å². The zero-order valence-electron chi connectivity index (χ0n) is 18.9. The first-order valence-electron chi connectivity index (χ1n) is 10.7. The number of rotatable bonds is 6. The number of hydrogen-bond acceptors (Lipinski definition) is 7. The zero-order chi connectivity index (χ0) is 24.3. The number of piperazine rings is 1. The molecule has 176 valence electrons. The van der Waals surface area contributed by atoms with Crippen LogP contribution in [-0.2, 0) is 14.8 Å². The van der Waals surface area contributed by atoms with E-state index in [0.717, 1.165) is 17.1 Å². The number of sulfonamides is 1. The van der Waals surface area contributed by atoms with Gasteiger partial charge in [-0.2, -0.15) is 9.57 Å². The Labute approximate surface area is 203 Å². The summed E-state index contributed by atoms with van der Waals surface area (Å²) in [4.78, 5) is 14.5. The van der Waals surface area contributed by atoms with Crippen molar-refractivity contribution in [3.05, 3.63) is 65.5 Å². The molecule has 1 amide bonds. The van der Waals surface area contributed by atoms with Crippen LogP contribution in [0.2, 0.25) is 0 Å². The third-order valence-electron chi connectivity index (χ3n) is 5.63. The normalized spacial score (nSPS) is 14.7. The molecular weight excluding hydrogens is 472 g/mol. The Kier molecular flexibility index (Phi) is 7.02. The van der Waals surface area contributed by atoms with Crippen molar-refractivity contribution in [1.29, 1.82) is 5.26 Å². The van der Waals surface area contributed by atoms with Crippen LogP contribution in [0, 0.1) is 25.2 Å². The summed E-state index contributed by atoms with van der Waals surface area (Å²) in [6, 6.07) is 16.1. The minimum absolute atomic E-state index is 0.00126. The molecule has 3 aromatic rings. The molecule has 1 aliphatic rings. The number of hydrogen-bond donors (Lipinski definition) is 0. The third kappa shape index (κ3) is 4.84. The van der Waals surface area contributed by atoms with Crippen molar-refractivity contribution < 1.29 is 13.2 Å². The minimum Gasteiger partial charge on any atom is -0.339 e. The maximum atomic E-state index is 13.0. The third-order valence-corrected chi connectivity index (χ3v) is 8.50. The van der Waals surface area contributed by atoms with Crippen LogP contribution in [0.15, 0.2) is 58.6 Å². The molecule has 0 unspecified atom stereocenters. The van der Waals surface area contributed by atoms with E-state index in [9.17, 15) is 18.5 Å². The smallest absolute Gasteiger partial charge is 0.244 e. The molecule has 0 atom stereocenters. The van der Waals surface area contributed by atoms with Gasteiger partial charge in [0.2, 0.25) is 15.9 Å². The monoisotopic (exact) mass is 496 g/mol. The van der Waals surface area contributed by atoms with Gasteiger partial charge in [0.1, 0.15) is 11.9 Å². The van der Waals surface area contributed by atoms with Gasteiger partial charge in [-0.05, 0) is 38.1 Å². The minimum atomic E-state index is -3.80. The van der Waals surface area contributed by atoms with Gasteiger partial charge in [0.05, 0.1) is 16.2 Å². The highest BCUT2D eigenvalue weighted by Crippen LogP contribution is 2.24. The Balaban J connectivity index is 1.38. The fourth-order valence-electron chi connectivity index (χ4n) is 3.75. The number of nitriles is 1. The molecule has 0 saturated carbocycles. The molecule has 2 heterocycles. The van der Waals surface area contributed by atoms with Gasteiger partial charge < -0.3 is 4.90 Å². The summed E-state index contributed by atoms with van der Waals surface area (Å²) >= 11 is 1.31. The highest BCUT2D eigenvalue weighted by Gasteiger charge is 2.31. The first kappa shape index (κ1) is 23.9. The van der Waals surface area contributed by atoms with E-state index in [4.69, 9.17) is 0 Å². The Hall–Kier alpha value is -3.20.